The van der Waals surface area contributed by atoms with Crippen LogP contribution >= 0.6 is 11.6 Å². The number of pyridine rings is 1. The SMILES string of the molecule is O=C(ON1C(=O)c2ccccc2C1=O)c1ncn2cc(Cl)ccc12. The van der Waals surface area contributed by atoms with Crippen LogP contribution < -0.4 is 0 Å². The first-order valence-corrected chi connectivity index (χ1v) is 7.26. The Balaban J connectivity index is 1.65. The van der Waals surface area contributed by atoms with E-state index < -0.39 is 17.8 Å². The fraction of sp³-hybridized carbons (Fsp3) is 0. The molecule has 0 N–H and O–H groups in total. The number of hydrogen-bond donors (Lipinski definition) is 0. The number of benzene rings is 1. The van der Waals surface area contributed by atoms with Gasteiger partial charge in [0.25, 0.3) is 11.8 Å². The zero-order valence-electron chi connectivity index (χ0n) is 12.0. The minimum atomic E-state index is -0.908. The van der Waals surface area contributed by atoms with Gasteiger partial charge in [0.05, 0.1) is 21.7 Å². The van der Waals surface area contributed by atoms with Crippen molar-refractivity contribution in [2.24, 2.45) is 0 Å². The molecule has 4 rings (SSSR count). The van der Waals surface area contributed by atoms with E-state index in [-0.39, 0.29) is 16.8 Å². The topological polar surface area (TPSA) is 81.0 Å². The molecular weight excluding hydrogens is 334 g/mol. The van der Waals surface area contributed by atoms with Gasteiger partial charge in [-0.15, -0.1) is 0 Å². The van der Waals surface area contributed by atoms with Gasteiger partial charge < -0.3 is 9.24 Å². The molecule has 0 fully saturated rings. The number of carbonyl (C=O) groups excluding carboxylic acids is 3. The van der Waals surface area contributed by atoms with Crippen molar-refractivity contribution in [3.63, 3.8) is 0 Å². The molecule has 1 aliphatic rings. The van der Waals surface area contributed by atoms with Crippen LogP contribution in [0.1, 0.15) is 31.2 Å². The van der Waals surface area contributed by atoms with E-state index in [0.29, 0.717) is 15.6 Å². The first-order chi connectivity index (χ1) is 11.6. The summed E-state index contributed by atoms with van der Waals surface area (Å²) in [5, 5.41) is 0.925. The predicted molar refractivity (Wildman–Crippen MR) is 82.6 cm³/mol. The lowest BCUT2D eigenvalue weighted by Gasteiger charge is -2.11. The Morgan fingerprint density at radius 1 is 1.04 bits per heavy atom. The number of carbonyl (C=O) groups is 3. The lowest BCUT2D eigenvalue weighted by molar-refractivity contribution is -0.0586. The van der Waals surface area contributed by atoms with E-state index in [1.807, 2.05) is 0 Å². The van der Waals surface area contributed by atoms with Crippen LogP contribution in [0.2, 0.25) is 5.02 Å². The summed E-state index contributed by atoms with van der Waals surface area (Å²) in [5.41, 5.74) is 0.804. The number of aromatic nitrogens is 2. The lowest BCUT2D eigenvalue weighted by atomic mass is 10.1. The summed E-state index contributed by atoms with van der Waals surface area (Å²) in [5.74, 6) is -2.28. The van der Waals surface area contributed by atoms with E-state index in [1.54, 1.807) is 34.9 Å². The zero-order valence-corrected chi connectivity index (χ0v) is 12.7. The van der Waals surface area contributed by atoms with Crippen molar-refractivity contribution in [1.29, 1.82) is 0 Å². The van der Waals surface area contributed by atoms with Gasteiger partial charge in [0.2, 0.25) is 0 Å². The quantitative estimate of drug-likeness (QED) is 0.668. The van der Waals surface area contributed by atoms with Crippen molar-refractivity contribution in [3.8, 4) is 0 Å². The minimum absolute atomic E-state index is 0.0248. The molecule has 3 aromatic rings. The summed E-state index contributed by atoms with van der Waals surface area (Å²) in [6, 6.07) is 9.43. The Morgan fingerprint density at radius 2 is 1.71 bits per heavy atom. The summed E-state index contributed by atoms with van der Waals surface area (Å²) in [6.45, 7) is 0. The molecular formula is C16H8ClN3O4. The maximum Gasteiger partial charge on any atom is 0.384 e. The van der Waals surface area contributed by atoms with E-state index in [2.05, 4.69) is 4.98 Å². The van der Waals surface area contributed by atoms with E-state index in [9.17, 15) is 14.4 Å². The molecule has 2 amide bonds. The molecule has 7 nitrogen and oxygen atoms in total. The number of amides is 2. The highest BCUT2D eigenvalue weighted by Crippen LogP contribution is 2.24. The first kappa shape index (κ1) is 14.4. The molecule has 24 heavy (non-hydrogen) atoms. The Hall–Kier alpha value is -3.19. The van der Waals surface area contributed by atoms with Crippen LogP contribution in [0, 0.1) is 0 Å². The second-order valence-electron chi connectivity index (χ2n) is 5.06. The Kier molecular flexibility index (Phi) is 3.10. The zero-order chi connectivity index (χ0) is 16.8. The predicted octanol–water partition coefficient (Wildman–Crippen LogP) is 2.36. The molecule has 0 saturated heterocycles. The number of imide groups is 1. The van der Waals surface area contributed by atoms with Gasteiger partial charge in [0.1, 0.15) is 6.33 Å². The highest BCUT2D eigenvalue weighted by atomic mass is 35.5. The second kappa shape index (κ2) is 5.17. The van der Waals surface area contributed by atoms with Crippen LogP contribution in [0.25, 0.3) is 5.52 Å². The van der Waals surface area contributed by atoms with Crippen molar-refractivity contribution in [3.05, 3.63) is 70.8 Å². The molecule has 118 valence electrons. The maximum absolute atomic E-state index is 12.3. The number of imidazole rings is 1. The van der Waals surface area contributed by atoms with Crippen molar-refractivity contribution >= 4 is 34.9 Å². The molecule has 1 aromatic carbocycles. The molecule has 8 heteroatoms. The van der Waals surface area contributed by atoms with Gasteiger partial charge in [-0.05, 0) is 24.3 Å². The third-order valence-electron chi connectivity index (χ3n) is 3.62. The second-order valence-corrected chi connectivity index (χ2v) is 5.50. The normalized spacial score (nSPS) is 13.5. The number of halogens is 1. The van der Waals surface area contributed by atoms with Crippen LogP contribution in [0.15, 0.2) is 48.9 Å². The largest absolute Gasteiger partial charge is 0.384 e. The fourth-order valence-corrected chi connectivity index (χ4v) is 2.67. The lowest BCUT2D eigenvalue weighted by Crippen LogP contribution is -2.32. The van der Waals surface area contributed by atoms with Crippen LogP contribution in [0.5, 0.6) is 0 Å². The minimum Gasteiger partial charge on any atom is -0.322 e. The number of fused-ring (bicyclic) bond motifs is 2. The fourth-order valence-electron chi connectivity index (χ4n) is 2.51. The van der Waals surface area contributed by atoms with Gasteiger partial charge in [0, 0.05) is 6.20 Å². The molecule has 1 aliphatic heterocycles. The Bertz CT molecular complexity index is 992. The van der Waals surface area contributed by atoms with Crippen LogP contribution in [-0.4, -0.2) is 32.2 Å². The summed E-state index contributed by atoms with van der Waals surface area (Å²) in [4.78, 5) is 45.7. The van der Waals surface area contributed by atoms with Crippen LogP contribution in [0.4, 0.5) is 0 Å². The van der Waals surface area contributed by atoms with E-state index in [4.69, 9.17) is 16.4 Å². The number of rotatable bonds is 2. The summed E-state index contributed by atoms with van der Waals surface area (Å²) < 4.78 is 1.54. The molecule has 2 aromatic heterocycles. The summed E-state index contributed by atoms with van der Waals surface area (Å²) in [7, 11) is 0. The average Bonchev–Trinajstić information content (AvgIpc) is 3.10. The van der Waals surface area contributed by atoms with Gasteiger partial charge in [-0.3, -0.25) is 9.59 Å². The van der Waals surface area contributed by atoms with Gasteiger partial charge in [-0.1, -0.05) is 28.8 Å². The van der Waals surface area contributed by atoms with Crippen molar-refractivity contribution in [2.75, 3.05) is 0 Å². The molecule has 0 saturated carbocycles. The third kappa shape index (κ3) is 2.06. The maximum atomic E-state index is 12.3. The van der Waals surface area contributed by atoms with Gasteiger partial charge in [0.15, 0.2) is 5.69 Å². The molecule has 0 unspecified atom stereocenters. The third-order valence-corrected chi connectivity index (χ3v) is 3.84. The number of nitrogens with zero attached hydrogens (tertiary/aromatic N) is 3. The van der Waals surface area contributed by atoms with Crippen LogP contribution in [0.3, 0.4) is 0 Å². The smallest absolute Gasteiger partial charge is 0.322 e. The molecule has 0 atom stereocenters. The summed E-state index contributed by atoms with van der Waals surface area (Å²) >= 11 is 5.87. The molecule has 0 spiro atoms. The highest BCUT2D eigenvalue weighted by Gasteiger charge is 2.39. The number of hydrogen-bond acceptors (Lipinski definition) is 5. The highest BCUT2D eigenvalue weighted by molar-refractivity contribution is 6.30. The van der Waals surface area contributed by atoms with E-state index in [0.717, 1.165) is 0 Å². The number of hydroxylamine groups is 2. The van der Waals surface area contributed by atoms with Gasteiger partial charge >= 0.3 is 5.97 Å². The molecule has 0 radical (unpaired) electrons. The monoisotopic (exact) mass is 341 g/mol. The van der Waals surface area contributed by atoms with Crippen LogP contribution in [-0.2, 0) is 4.84 Å². The first-order valence-electron chi connectivity index (χ1n) is 6.88. The van der Waals surface area contributed by atoms with Gasteiger partial charge in [-0.25, -0.2) is 9.78 Å². The standard InChI is InChI=1S/C16H8ClN3O4/c17-9-5-6-12-13(18-8-19(12)7-9)16(23)24-20-14(21)10-3-1-2-4-11(10)15(20)22/h1-8H. The van der Waals surface area contributed by atoms with E-state index >= 15 is 0 Å². The van der Waals surface area contributed by atoms with E-state index in [1.165, 1.54) is 18.5 Å². The Morgan fingerprint density at radius 3 is 2.38 bits per heavy atom. The van der Waals surface area contributed by atoms with Gasteiger partial charge in [-0.2, -0.15) is 0 Å². The molecule has 3 heterocycles. The molecule has 0 aliphatic carbocycles. The molecule has 0 bridgehead atoms. The van der Waals surface area contributed by atoms with Crippen molar-refractivity contribution < 1.29 is 19.2 Å². The van der Waals surface area contributed by atoms with Crippen molar-refractivity contribution in [2.45, 2.75) is 0 Å². The average molecular weight is 342 g/mol. The Labute approximate surface area is 140 Å². The van der Waals surface area contributed by atoms with Crippen molar-refractivity contribution in [1.82, 2.24) is 14.4 Å². The summed E-state index contributed by atoms with van der Waals surface area (Å²) in [6.07, 6.45) is 2.96.